The van der Waals surface area contributed by atoms with Gasteiger partial charge >= 0.3 is 0 Å². The van der Waals surface area contributed by atoms with E-state index in [0.29, 0.717) is 0 Å². The highest BCUT2D eigenvalue weighted by molar-refractivity contribution is 5.95. The maximum absolute atomic E-state index is 6.65. The van der Waals surface area contributed by atoms with Crippen LogP contribution < -0.4 is 4.74 Å². The van der Waals surface area contributed by atoms with Crippen LogP contribution in [0.1, 0.15) is 47.2 Å². The van der Waals surface area contributed by atoms with Crippen LogP contribution in [0, 0.1) is 0 Å². The summed E-state index contributed by atoms with van der Waals surface area (Å²) in [6.07, 6.45) is 0. The van der Waals surface area contributed by atoms with Crippen molar-refractivity contribution >= 4 is 10.8 Å². The van der Waals surface area contributed by atoms with Crippen molar-refractivity contribution in [2.75, 3.05) is 0 Å². The van der Waals surface area contributed by atoms with Crippen LogP contribution in [0.15, 0.2) is 158 Å². The average Bonchev–Trinajstić information content (AvgIpc) is 3.35. The number of rotatable bonds is 3. The van der Waals surface area contributed by atoms with Crippen LogP contribution in [0.25, 0.3) is 33.0 Å². The molecule has 0 saturated carbocycles. The second-order valence-corrected chi connectivity index (χ2v) is 12.8. The van der Waals surface area contributed by atoms with Gasteiger partial charge in [0, 0.05) is 22.0 Å². The fourth-order valence-corrected chi connectivity index (χ4v) is 7.99. The molecule has 1 aliphatic carbocycles. The maximum Gasteiger partial charge on any atom is 0.132 e. The van der Waals surface area contributed by atoms with E-state index >= 15 is 0 Å². The highest BCUT2D eigenvalue weighted by Crippen LogP contribution is 2.55. The van der Waals surface area contributed by atoms with Crippen LogP contribution in [0.3, 0.4) is 0 Å². The molecule has 0 aromatic heterocycles. The van der Waals surface area contributed by atoms with Gasteiger partial charge in [-0.05, 0) is 99.5 Å². The normalized spacial score (nSPS) is 19.2. The summed E-state index contributed by atoms with van der Waals surface area (Å²) in [5, 5.41) is 2.55. The molecular weight excluding hydrogens is 544 g/mol. The number of para-hydroxylation sites is 1. The van der Waals surface area contributed by atoms with E-state index < -0.39 is 0 Å². The van der Waals surface area contributed by atoms with Gasteiger partial charge in [-0.3, -0.25) is 0 Å². The Balaban J connectivity index is 1.22. The summed E-state index contributed by atoms with van der Waals surface area (Å²) in [6, 6.07) is 57.5. The van der Waals surface area contributed by atoms with E-state index in [4.69, 9.17) is 4.74 Å². The molecule has 214 valence electrons. The lowest BCUT2D eigenvalue weighted by Gasteiger charge is -2.38. The number of ether oxygens (including phenoxy) is 1. The third-order valence-corrected chi connectivity index (χ3v) is 10.5. The van der Waals surface area contributed by atoms with Crippen molar-refractivity contribution < 1.29 is 4.74 Å². The third kappa shape index (κ3) is 3.68. The zero-order chi connectivity index (χ0) is 30.2. The molecular formula is C44H32O. The Morgan fingerprint density at radius 1 is 0.378 bits per heavy atom. The van der Waals surface area contributed by atoms with E-state index in [1.807, 2.05) is 0 Å². The molecule has 9 rings (SSSR count). The number of hydrogen-bond acceptors (Lipinski definition) is 1. The quantitative estimate of drug-likeness (QED) is 0.203. The molecule has 0 bridgehead atoms. The van der Waals surface area contributed by atoms with Crippen LogP contribution in [-0.4, -0.2) is 0 Å². The van der Waals surface area contributed by atoms with Crippen molar-refractivity contribution in [3.8, 4) is 33.8 Å². The first kappa shape index (κ1) is 26.0. The Bertz CT molecular complexity index is 2270. The average molecular weight is 577 g/mol. The highest BCUT2D eigenvalue weighted by atomic mass is 16.5. The van der Waals surface area contributed by atoms with Gasteiger partial charge in [0.1, 0.15) is 11.5 Å². The van der Waals surface area contributed by atoms with Crippen molar-refractivity contribution in [2.45, 2.75) is 24.7 Å². The summed E-state index contributed by atoms with van der Waals surface area (Å²) in [5.41, 5.74) is 12.0. The molecule has 1 heteroatoms. The molecule has 1 nitrogen and oxygen atoms in total. The van der Waals surface area contributed by atoms with Crippen LogP contribution in [0.2, 0.25) is 0 Å². The fraction of sp³-hybridized carbons (Fsp3) is 0.0909. The van der Waals surface area contributed by atoms with Gasteiger partial charge in [0.15, 0.2) is 0 Å². The molecule has 2 unspecified atom stereocenters. The lowest BCUT2D eigenvalue weighted by atomic mass is 9.69. The molecule has 0 spiro atoms. The van der Waals surface area contributed by atoms with E-state index in [1.165, 1.54) is 60.8 Å². The maximum atomic E-state index is 6.65. The van der Waals surface area contributed by atoms with Gasteiger partial charge in [-0.2, -0.15) is 0 Å². The molecule has 7 aromatic carbocycles. The summed E-state index contributed by atoms with van der Waals surface area (Å²) in [7, 11) is 0. The summed E-state index contributed by atoms with van der Waals surface area (Å²) >= 11 is 0. The lowest BCUT2D eigenvalue weighted by molar-refractivity contribution is 0.427. The van der Waals surface area contributed by atoms with Gasteiger partial charge in [-0.15, -0.1) is 0 Å². The molecule has 0 N–H and O–H groups in total. The van der Waals surface area contributed by atoms with Gasteiger partial charge in [-0.25, -0.2) is 0 Å². The number of benzene rings is 7. The van der Waals surface area contributed by atoms with Gasteiger partial charge in [0.25, 0.3) is 0 Å². The van der Waals surface area contributed by atoms with E-state index in [9.17, 15) is 0 Å². The van der Waals surface area contributed by atoms with E-state index in [-0.39, 0.29) is 10.8 Å². The summed E-state index contributed by atoms with van der Waals surface area (Å²) < 4.78 is 6.65. The minimum Gasteiger partial charge on any atom is -0.457 e. The van der Waals surface area contributed by atoms with E-state index in [2.05, 4.69) is 172 Å². The zero-order valence-corrected chi connectivity index (χ0v) is 25.4. The van der Waals surface area contributed by atoms with Crippen molar-refractivity contribution in [3.63, 3.8) is 0 Å². The second kappa shape index (κ2) is 9.55. The molecule has 7 aromatic rings. The van der Waals surface area contributed by atoms with Crippen LogP contribution in [0.5, 0.6) is 11.5 Å². The zero-order valence-electron chi connectivity index (χ0n) is 25.4. The molecule has 2 aliphatic rings. The molecule has 0 amide bonds. The van der Waals surface area contributed by atoms with Crippen molar-refractivity contribution in [3.05, 3.63) is 191 Å². The predicted octanol–water partition coefficient (Wildman–Crippen LogP) is 11.3. The van der Waals surface area contributed by atoms with Crippen molar-refractivity contribution in [2.24, 2.45) is 0 Å². The molecule has 1 aliphatic heterocycles. The SMILES string of the molecule is CC1(c2ccccc2)c2ccccc2Oc2cc(-c3ccc4c(c3)C(C)(c3ccccc3)c3cc5ccccc5cc3-4)ccc21. The number of fused-ring (bicyclic) bond motifs is 6. The van der Waals surface area contributed by atoms with Crippen LogP contribution in [0.4, 0.5) is 0 Å². The first-order valence-electron chi connectivity index (χ1n) is 15.8. The Hall–Kier alpha value is -5.40. The molecule has 0 fully saturated rings. The third-order valence-electron chi connectivity index (χ3n) is 10.5. The Morgan fingerprint density at radius 2 is 0.911 bits per heavy atom. The summed E-state index contributed by atoms with van der Waals surface area (Å²) in [4.78, 5) is 0. The molecule has 0 radical (unpaired) electrons. The molecule has 0 saturated heterocycles. The van der Waals surface area contributed by atoms with Gasteiger partial charge in [0.2, 0.25) is 0 Å². The highest BCUT2D eigenvalue weighted by Gasteiger charge is 2.42. The van der Waals surface area contributed by atoms with Gasteiger partial charge in [-0.1, -0.05) is 127 Å². The largest absolute Gasteiger partial charge is 0.457 e. The Labute approximate surface area is 264 Å². The molecule has 45 heavy (non-hydrogen) atoms. The van der Waals surface area contributed by atoms with Crippen LogP contribution >= 0.6 is 0 Å². The van der Waals surface area contributed by atoms with Crippen molar-refractivity contribution in [1.82, 2.24) is 0 Å². The molecule has 2 atom stereocenters. The topological polar surface area (TPSA) is 9.23 Å². The minimum absolute atomic E-state index is 0.276. The summed E-state index contributed by atoms with van der Waals surface area (Å²) in [6.45, 7) is 4.72. The van der Waals surface area contributed by atoms with E-state index in [1.54, 1.807) is 0 Å². The van der Waals surface area contributed by atoms with E-state index in [0.717, 1.165) is 17.1 Å². The first-order valence-corrected chi connectivity index (χ1v) is 15.8. The minimum atomic E-state index is -0.322. The standard InChI is InChI=1S/C44H32O/c1-43(33-15-5-3-6-16-33)37-19-11-12-20-41(37)45-42-28-32(22-24-38(42)43)31-21-23-35-36-25-29-13-9-10-14-30(29)26-40(36)44(2,39(35)27-31)34-17-7-4-8-18-34/h3-28H,1-2H3. The lowest BCUT2D eigenvalue weighted by Crippen LogP contribution is -2.29. The monoisotopic (exact) mass is 576 g/mol. The van der Waals surface area contributed by atoms with Crippen LogP contribution in [-0.2, 0) is 10.8 Å². The smallest absolute Gasteiger partial charge is 0.132 e. The first-order chi connectivity index (χ1) is 22.0. The van der Waals surface area contributed by atoms with Gasteiger partial charge in [0.05, 0.1) is 0 Å². The van der Waals surface area contributed by atoms with Gasteiger partial charge < -0.3 is 4.74 Å². The second-order valence-electron chi connectivity index (χ2n) is 12.8. The Kier molecular flexibility index (Phi) is 5.53. The fourth-order valence-electron chi connectivity index (χ4n) is 7.99. The Morgan fingerprint density at radius 3 is 1.64 bits per heavy atom. The summed E-state index contributed by atoms with van der Waals surface area (Å²) in [5.74, 6) is 1.83. The van der Waals surface area contributed by atoms with Crippen molar-refractivity contribution in [1.29, 1.82) is 0 Å². The molecule has 1 heterocycles. The predicted molar refractivity (Wildman–Crippen MR) is 185 cm³/mol. The number of hydrogen-bond donors (Lipinski definition) is 0.